The van der Waals surface area contributed by atoms with Gasteiger partial charge in [-0.3, -0.25) is 4.68 Å². The van der Waals surface area contributed by atoms with Crippen LogP contribution in [0.2, 0.25) is 0 Å². The molecule has 1 aromatic carbocycles. The Morgan fingerprint density at radius 2 is 2.28 bits per heavy atom. The van der Waals surface area contributed by atoms with Gasteiger partial charge in [-0.15, -0.1) is 0 Å². The molecule has 96 valence electrons. The van der Waals surface area contributed by atoms with Gasteiger partial charge in [0.25, 0.3) is 0 Å². The van der Waals surface area contributed by atoms with Crippen molar-refractivity contribution in [3.8, 4) is 5.75 Å². The Morgan fingerprint density at radius 3 is 2.94 bits per heavy atom. The zero-order valence-electron chi connectivity index (χ0n) is 10.7. The van der Waals surface area contributed by atoms with Crippen LogP contribution in [0.15, 0.2) is 36.7 Å². The van der Waals surface area contributed by atoms with E-state index in [9.17, 15) is 5.11 Å². The first-order valence-corrected chi connectivity index (χ1v) is 6.06. The number of methoxy groups -OCH3 is 1. The average molecular weight is 246 g/mol. The van der Waals surface area contributed by atoms with E-state index in [0.29, 0.717) is 6.42 Å². The smallest absolute Gasteiger partial charge is 0.119 e. The molecule has 2 rings (SSSR count). The van der Waals surface area contributed by atoms with E-state index < -0.39 is 6.10 Å². The fraction of sp³-hybridized carbons (Fsp3) is 0.357. The number of benzene rings is 1. The molecule has 0 saturated carbocycles. The molecule has 0 aliphatic carbocycles. The molecule has 1 heterocycles. The summed E-state index contributed by atoms with van der Waals surface area (Å²) >= 11 is 0. The van der Waals surface area contributed by atoms with Crippen LogP contribution in [0.4, 0.5) is 0 Å². The Labute approximate surface area is 107 Å². The Morgan fingerprint density at radius 1 is 1.44 bits per heavy atom. The van der Waals surface area contributed by atoms with Crippen molar-refractivity contribution < 1.29 is 9.84 Å². The second-order valence-electron chi connectivity index (χ2n) is 4.20. The molecular formula is C14H18N2O2. The molecule has 0 amide bonds. The summed E-state index contributed by atoms with van der Waals surface area (Å²) in [5.74, 6) is 0.809. The molecule has 4 heteroatoms. The molecule has 0 saturated heterocycles. The number of aliphatic hydroxyl groups is 1. The van der Waals surface area contributed by atoms with Crippen LogP contribution in [-0.2, 0) is 13.0 Å². The van der Waals surface area contributed by atoms with E-state index in [2.05, 4.69) is 5.10 Å². The Kier molecular flexibility index (Phi) is 3.99. The van der Waals surface area contributed by atoms with Crippen LogP contribution in [0, 0.1) is 0 Å². The molecule has 0 bridgehead atoms. The summed E-state index contributed by atoms with van der Waals surface area (Å²) in [5, 5.41) is 14.3. The third-order valence-corrected chi connectivity index (χ3v) is 2.93. The predicted molar refractivity (Wildman–Crippen MR) is 69.6 cm³/mol. The summed E-state index contributed by atoms with van der Waals surface area (Å²) in [6.45, 7) is 2.83. The number of hydrogen-bond donors (Lipinski definition) is 1. The summed E-state index contributed by atoms with van der Waals surface area (Å²) in [5.41, 5.74) is 1.89. The van der Waals surface area contributed by atoms with Crippen LogP contribution in [0.3, 0.4) is 0 Å². The minimum Gasteiger partial charge on any atom is -0.497 e. The van der Waals surface area contributed by atoms with Gasteiger partial charge in [-0.1, -0.05) is 12.1 Å². The van der Waals surface area contributed by atoms with Crippen molar-refractivity contribution in [3.05, 3.63) is 47.8 Å². The highest BCUT2D eigenvalue weighted by molar-refractivity contribution is 5.29. The van der Waals surface area contributed by atoms with Gasteiger partial charge in [0.05, 0.1) is 19.4 Å². The van der Waals surface area contributed by atoms with Gasteiger partial charge in [0, 0.05) is 24.7 Å². The average Bonchev–Trinajstić information content (AvgIpc) is 2.88. The lowest BCUT2D eigenvalue weighted by Gasteiger charge is -2.09. The van der Waals surface area contributed by atoms with Crippen LogP contribution < -0.4 is 4.74 Å². The number of aromatic nitrogens is 2. The third-order valence-electron chi connectivity index (χ3n) is 2.93. The molecule has 0 fully saturated rings. The maximum atomic E-state index is 10.2. The minimum absolute atomic E-state index is 0.530. The van der Waals surface area contributed by atoms with Crippen LogP contribution in [0.1, 0.15) is 24.2 Å². The molecule has 0 aliphatic heterocycles. The quantitative estimate of drug-likeness (QED) is 0.879. The zero-order valence-corrected chi connectivity index (χ0v) is 10.7. The third kappa shape index (κ3) is 2.90. The molecule has 1 atom stereocenters. The normalized spacial score (nSPS) is 12.4. The first-order chi connectivity index (χ1) is 8.72. The van der Waals surface area contributed by atoms with Gasteiger partial charge in [0.1, 0.15) is 5.75 Å². The molecule has 0 spiro atoms. The highest BCUT2D eigenvalue weighted by Gasteiger charge is 2.11. The maximum absolute atomic E-state index is 10.2. The first kappa shape index (κ1) is 12.6. The number of aliphatic hydroxyl groups excluding tert-OH is 1. The highest BCUT2D eigenvalue weighted by Crippen LogP contribution is 2.20. The Balaban J connectivity index is 2.08. The standard InChI is InChI=1S/C14H18N2O2/c1-3-16-10-12(9-15-16)14(17)8-11-5-4-6-13(7-11)18-2/h4-7,9-10,14,17H,3,8H2,1-2H3. The van der Waals surface area contributed by atoms with Gasteiger partial charge >= 0.3 is 0 Å². The van der Waals surface area contributed by atoms with Crippen LogP contribution in [0.25, 0.3) is 0 Å². The number of rotatable bonds is 5. The Hall–Kier alpha value is -1.81. The second kappa shape index (κ2) is 5.69. The summed E-state index contributed by atoms with van der Waals surface area (Å²) in [6, 6.07) is 7.74. The van der Waals surface area contributed by atoms with Crippen LogP contribution in [0.5, 0.6) is 5.75 Å². The topological polar surface area (TPSA) is 47.3 Å². The molecule has 1 N–H and O–H groups in total. The molecule has 2 aromatic rings. The maximum Gasteiger partial charge on any atom is 0.119 e. The minimum atomic E-state index is -0.530. The lowest BCUT2D eigenvalue weighted by molar-refractivity contribution is 0.178. The van der Waals surface area contributed by atoms with E-state index >= 15 is 0 Å². The number of nitrogens with zero attached hydrogens (tertiary/aromatic N) is 2. The van der Waals surface area contributed by atoms with E-state index in [1.807, 2.05) is 42.1 Å². The van der Waals surface area contributed by atoms with Crippen LogP contribution in [-0.4, -0.2) is 22.0 Å². The van der Waals surface area contributed by atoms with Crippen molar-refractivity contribution in [2.75, 3.05) is 7.11 Å². The predicted octanol–water partition coefficient (Wildman–Crippen LogP) is 2.19. The lowest BCUT2D eigenvalue weighted by atomic mass is 10.0. The molecule has 0 aliphatic rings. The van der Waals surface area contributed by atoms with Crippen molar-refractivity contribution in [1.29, 1.82) is 0 Å². The lowest BCUT2D eigenvalue weighted by Crippen LogP contribution is -2.01. The highest BCUT2D eigenvalue weighted by atomic mass is 16.5. The van der Waals surface area contributed by atoms with E-state index in [1.54, 1.807) is 13.3 Å². The van der Waals surface area contributed by atoms with Gasteiger partial charge in [-0.25, -0.2) is 0 Å². The summed E-state index contributed by atoms with van der Waals surface area (Å²) < 4.78 is 6.98. The monoisotopic (exact) mass is 246 g/mol. The summed E-state index contributed by atoms with van der Waals surface area (Å²) in [7, 11) is 1.64. The van der Waals surface area contributed by atoms with E-state index in [4.69, 9.17) is 4.74 Å². The SMILES string of the molecule is CCn1cc(C(O)Cc2cccc(OC)c2)cn1. The molecule has 1 aromatic heterocycles. The summed E-state index contributed by atoms with van der Waals surface area (Å²) in [6.07, 6.45) is 3.63. The molecule has 18 heavy (non-hydrogen) atoms. The number of ether oxygens (including phenoxy) is 1. The molecular weight excluding hydrogens is 228 g/mol. The van der Waals surface area contributed by atoms with Crippen molar-refractivity contribution in [3.63, 3.8) is 0 Å². The van der Waals surface area contributed by atoms with E-state index in [-0.39, 0.29) is 0 Å². The Bertz CT molecular complexity index is 508. The van der Waals surface area contributed by atoms with E-state index in [1.165, 1.54) is 0 Å². The van der Waals surface area contributed by atoms with E-state index in [0.717, 1.165) is 23.4 Å². The van der Waals surface area contributed by atoms with Crippen molar-refractivity contribution >= 4 is 0 Å². The summed E-state index contributed by atoms with van der Waals surface area (Å²) in [4.78, 5) is 0. The van der Waals surface area contributed by atoms with Crippen molar-refractivity contribution in [2.45, 2.75) is 26.0 Å². The fourth-order valence-corrected chi connectivity index (χ4v) is 1.87. The molecule has 4 nitrogen and oxygen atoms in total. The second-order valence-corrected chi connectivity index (χ2v) is 4.20. The first-order valence-electron chi connectivity index (χ1n) is 6.06. The van der Waals surface area contributed by atoms with Crippen molar-refractivity contribution in [1.82, 2.24) is 9.78 Å². The number of aryl methyl sites for hydroxylation is 1. The fourth-order valence-electron chi connectivity index (χ4n) is 1.87. The van der Waals surface area contributed by atoms with Gasteiger partial charge in [-0.2, -0.15) is 5.10 Å². The van der Waals surface area contributed by atoms with Crippen molar-refractivity contribution in [2.24, 2.45) is 0 Å². The molecule has 0 radical (unpaired) electrons. The molecule has 1 unspecified atom stereocenters. The zero-order chi connectivity index (χ0) is 13.0. The number of hydrogen-bond acceptors (Lipinski definition) is 3. The van der Waals surface area contributed by atoms with Gasteiger partial charge in [-0.05, 0) is 24.6 Å². The van der Waals surface area contributed by atoms with Gasteiger partial charge in [0.15, 0.2) is 0 Å². The van der Waals surface area contributed by atoms with Gasteiger partial charge in [0.2, 0.25) is 0 Å². The van der Waals surface area contributed by atoms with Crippen LogP contribution >= 0.6 is 0 Å². The largest absolute Gasteiger partial charge is 0.497 e. The van der Waals surface area contributed by atoms with Gasteiger partial charge < -0.3 is 9.84 Å².